The molecule has 1 aliphatic rings. The summed E-state index contributed by atoms with van der Waals surface area (Å²) in [5, 5.41) is 3.05. The molecule has 0 saturated heterocycles. The minimum atomic E-state index is -2.93. The monoisotopic (exact) mass is 373 g/mol. The molecular weight excluding hydrogens is 352 g/mol. The predicted molar refractivity (Wildman–Crippen MR) is 98.7 cm³/mol. The van der Waals surface area contributed by atoms with Gasteiger partial charge in [0.05, 0.1) is 13.2 Å². The molecule has 3 rings (SSSR count). The molecule has 1 N–H and O–H groups in total. The Morgan fingerprint density at radius 3 is 2.52 bits per heavy atom. The lowest BCUT2D eigenvalue weighted by Crippen LogP contribution is -2.28. The average molecular weight is 373 g/mol. The van der Waals surface area contributed by atoms with Crippen LogP contribution in [0.15, 0.2) is 54.6 Å². The van der Waals surface area contributed by atoms with Crippen LogP contribution in [0.4, 0.5) is 8.78 Å². The second-order valence-electron chi connectivity index (χ2n) is 6.36. The van der Waals surface area contributed by atoms with Crippen molar-refractivity contribution >= 4 is 12.0 Å². The summed E-state index contributed by atoms with van der Waals surface area (Å²) in [4.78, 5) is 12.3. The molecule has 4 nitrogen and oxygen atoms in total. The second-order valence-corrected chi connectivity index (χ2v) is 6.36. The molecule has 0 aliphatic heterocycles. The van der Waals surface area contributed by atoms with E-state index in [2.05, 4.69) is 10.1 Å². The number of hydrogen-bond donors (Lipinski definition) is 1. The van der Waals surface area contributed by atoms with Gasteiger partial charge >= 0.3 is 6.61 Å². The summed E-state index contributed by atoms with van der Waals surface area (Å²) in [5.41, 5.74) is 1.74. The van der Waals surface area contributed by atoms with Crippen molar-refractivity contribution < 1.29 is 23.0 Å². The molecule has 1 fully saturated rings. The fourth-order valence-electron chi connectivity index (χ4n) is 2.92. The van der Waals surface area contributed by atoms with E-state index in [0.29, 0.717) is 11.5 Å². The zero-order valence-corrected chi connectivity index (χ0v) is 14.9. The molecule has 0 bridgehead atoms. The number of amides is 1. The third kappa shape index (κ3) is 5.29. The van der Waals surface area contributed by atoms with Gasteiger partial charge in [-0.2, -0.15) is 8.78 Å². The lowest BCUT2D eigenvalue weighted by atomic mass is 10.0. The summed E-state index contributed by atoms with van der Waals surface area (Å²) < 4.78 is 34.2. The van der Waals surface area contributed by atoms with Gasteiger partial charge < -0.3 is 14.8 Å². The van der Waals surface area contributed by atoms with Gasteiger partial charge in [-0.1, -0.05) is 36.4 Å². The maximum Gasteiger partial charge on any atom is 0.387 e. The summed E-state index contributed by atoms with van der Waals surface area (Å²) in [6.07, 6.45) is 5.25. The number of benzene rings is 2. The van der Waals surface area contributed by atoms with Crippen LogP contribution in [0.1, 0.15) is 30.0 Å². The molecule has 1 amide bonds. The van der Waals surface area contributed by atoms with E-state index in [9.17, 15) is 13.6 Å². The van der Waals surface area contributed by atoms with Crippen molar-refractivity contribution in [2.45, 2.75) is 25.5 Å². The van der Waals surface area contributed by atoms with Gasteiger partial charge in [-0.25, -0.2) is 0 Å². The highest BCUT2D eigenvalue weighted by Crippen LogP contribution is 2.40. The second kappa shape index (κ2) is 8.66. The smallest absolute Gasteiger partial charge is 0.387 e. The number of ether oxygens (including phenoxy) is 2. The molecule has 0 aromatic heterocycles. The first kappa shape index (κ1) is 18.9. The Balaban J connectivity index is 1.67. The van der Waals surface area contributed by atoms with E-state index >= 15 is 0 Å². The molecule has 1 saturated carbocycles. The summed E-state index contributed by atoms with van der Waals surface area (Å²) >= 11 is 0. The van der Waals surface area contributed by atoms with Crippen LogP contribution in [0.2, 0.25) is 0 Å². The molecule has 2 aromatic rings. The Morgan fingerprint density at radius 2 is 1.89 bits per heavy atom. The minimum absolute atomic E-state index is 0.000274. The van der Waals surface area contributed by atoms with Gasteiger partial charge in [0.2, 0.25) is 5.91 Å². The van der Waals surface area contributed by atoms with Crippen LogP contribution in [-0.4, -0.2) is 19.6 Å². The molecular formula is C21H21F2NO3. The standard InChI is InChI=1S/C21H21F2NO3/c1-26-18-13-14(7-11-17(18)27-21(22)23)8-12-19(25)24-20(16-9-10-16)15-5-3-2-4-6-15/h2-8,11-13,16,20-21H,9-10H2,1H3,(H,24,25)/b12-8+. The van der Waals surface area contributed by atoms with Crippen LogP contribution < -0.4 is 14.8 Å². The first-order valence-corrected chi connectivity index (χ1v) is 8.73. The van der Waals surface area contributed by atoms with Crippen molar-refractivity contribution in [3.63, 3.8) is 0 Å². The molecule has 1 aliphatic carbocycles. The quantitative estimate of drug-likeness (QED) is 0.689. The lowest BCUT2D eigenvalue weighted by molar-refractivity contribution is -0.117. The molecule has 0 heterocycles. The number of hydrogen-bond acceptors (Lipinski definition) is 3. The van der Waals surface area contributed by atoms with Crippen molar-refractivity contribution in [1.82, 2.24) is 5.32 Å². The highest BCUT2D eigenvalue weighted by atomic mass is 19.3. The Labute approximate surface area is 156 Å². The Kier molecular flexibility index (Phi) is 6.06. The minimum Gasteiger partial charge on any atom is -0.493 e. The number of carbonyl (C=O) groups is 1. The van der Waals surface area contributed by atoms with Crippen LogP contribution in [0.5, 0.6) is 11.5 Å². The van der Waals surface area contributed by atoms with Crippen molar-refractivity contribution in [2.75, 3.05) is 7.11 Å². The van der Waals surface area contributed by atoms with Gasteiger partial charge in [-0.3, -0.25) is 4.79 Å². The van der Waals surface area contributed by atoms with Crippen LogP contribution in [0.3, 0.4) is 0 Å². The third-order valence-electron chi connectivity index (χ3n) is 4.38. The van der Waals surface area contributed by atoms with Crippen LogP contribution in [-0.2, 0) is 4.79 Å². The van der Waals surface area contributed by atoms with E-state index in [1.54, 1.807) is 12.1 Å². The van der Waals surface area contributed by atoms with Crippen molar-refractivity contribution in [1.29, 1.82) is 0 Å². The third-order valence-corrected chi connectivity index (χ3v) is 4.38. The fourth-order valence-corrected chi connectivity index (χ4v) is 2.92. The maximum atomic E-state index is 12.4. The largest absolute Gasteiger partial charge is 0.493 e. The van der Waals surface area contributed by atoms with E-state index < -0.39 is 6.61 Å². The Bertz CT molecular complexity index is 804. The SMILES string of the molecule is COc1cc(/C=C/C(=O)NC(c2ccccc2)C2CC2)ccc1OC(F)F. The average Bonchev–Trinajstić information content (AvgIpc) is 3.50. The zero-order chi connectivity index (χ0) is 19.2. The van der Waals surface area contributed by atoms with Crippen molar-refractivity contribution in [3.8, 4) is 11.5 Å². The first-order valence-electron chi connectivity index (χ1n) is 8.73. The topological polar surface area (TPSA) is 47.6 Å². The van der Waals surface area contributed by atoms with Gasteiger partial charge in [0.1, 0.15) is 0 Å². The molecule has 1 atom stereocenters. The number of rotatable bonds is 8. The highest BCUT2D eigenvalue weighted by Gasteiger charge is 2.32. The summed E-state index contributed by atoms with van der Waals surface area (Å²) in [6.45, 7) is -2.93. The summed E-state index contributed by atoms with van der Waals surface area (Å²) in [6, 6.07) is 14.4. The molecule has 0 radical (unpaired) electrons. The molecule has 6 heteroatoms. The van der Waals surface area contributed by atoms with E-state index in [4.69, 9.17) is 4.74 Å². The molecule has 0 spiro atoms. The predicted octanol–water partition coefficient (Wildman–Crippen LogP) is 4.58. The van der Waals surface area contributed by atoms with Crippen LogP contribution in [0.25, 0.3) is 6.08 Å². The van der Waals surface area contributed by atoms with Crippen LogP contribution in [0, 0.1) is 5.92 Å². The van der Waals surface area contributed by atoms with Gasteiger partial charge in [0.25, 0.3) is 0 Å². The van der Waals surface area contributed by atoms with Crippen LogP contribution >= 0.6 is 0 Å². The maximum absolute atomic E-state index is 12.4. The first-order chi connectivity index (χ1) is 13.1. The van der Waals surface area contributed by atoms with E-state index in [0.717, 1.165) is 18.4 Å². The number of methoxy groups -OCH3 is 1. The Hall–Kier alpha value is -2.89. The molecule has 142 valence electrons. The lowest BCUT2D eigenvalue weighted by Gasteiger charge is -2.17. The van der Waals surface area contributed by atoms with Crippen molar-refractivity contribution in [3.05, 3.63) is 65.7 Å². The van der Waals surface area contributed by atoms with Gasteiger partial charge in [0.15, 0.2) is 11.5 Å². The molecule has 27 heavy (non-hydrogen) atoms. The number of nitrogens with one attached hydrogen (secondary N) is 1. The van der Waals surface area contributed by atoms with E-state index in [1.807, 2.05) is 30.3 Å². The van der Waals surface area contributed by atoms with E-state index in [-0.39, 0.29) is 23.4 Å². The van der Waals surface area contributed by atoms with Crippen molar-refractivity contribution in [2.24, 2.45) is 5.92 Å². The Morgan fingerprint density at radius 1 is 1.15 bits per heavy atom. The zero-order valence-electron chi connectivity index (χ0n) is 14.9. The fraction of sp³-hybridized carbons (Fsp3) is 0.286. The van der Waals surface area contributed by atoms with E-state index in [1.165, 1.54) is 25.3 Å². The van der Waals surface area contributed by atoms with Gasteiger partial charge in [0, 0.05) is 6.08 Å². The highest BCUT2D eigenvalue weighted by molar-refractivity contribution is 5.92. The van der Waals surface area contributed by atoms with Gasteiger partial charge in [-0.15, -0.1) is 0 Å². The number of carbonyl (C=O) groups excluding carboxylic acids is 1. The number of alkyl halides is 2. The molecule has 2 aromatic carbocycles. The van der Waals surface area contributed by atoms with Gasteiger partial charge in [-0.05, 0) is 48.1 Å². The summed E-state index contributed by atoms with van der Waals surface area (Å²) in [5.74, 6) is 0.392. The number of halogens is 2. The summed E-state index contributed by atoms with van der Waals surface area (Å²) in [7, 11) is 1.37. The normalized spacial score (nSPS) is 15.0. The molecule has 1 unspecified atom stereocenters.